The van der Waals surface area contributed by atoms with Crippen LogP contribution in [0, 0.1) is 44.7 Å². The number of aromatic nitrogens is 4. The molecule has 0 aliphatic heterocycles. The standard InChI is InChI=1S/C21H26N6O3/c1-13-8-6-7-9-18(13)12-26-16(4)20(14(2)23-26)22-19(28)10-11-25-17(5)21(27(29)30)15(3)24-25/h6-9H,10-12H2,1-5H3,(H,22,28). The van der Waals surface area contributed by atoms with Crippen molar-refractivity contribution >= 4 is 17.3 Å². The third-order valence-electron chi connectivity index (χ3n) is 5.30. The monoisotopic (exact) mass is 410 g/mol. The molecule has 0 saturated heterocycles. The minimum atomic E-state index is -0.441. The van der Waals surface area contributed by atoms with Crippen molar-refractivity contribution in [2.45, 2.75) is 54.1 Å². The number of nitrogens with one attached hydrogen (secondary N) is 1. The fraction of sp³-hybridized carbons (Fsp3) is 0.381. The van der Waals surface area contributed by atoms with Gasteiger partial charge in [0.1, 0.15) is 11.4 Å². The molecule has 0 atom stereocenters. The molecule has 3 aromatic rings. The molecule has 1 aromatic carbocycles. The number of nitrogens with zero attached hydrogens (tertiary/aromatic N) is 5. The molecule has 158 valence electrons. The molecular formula is C21H26N6O3. The summed E-state index contributed by atoms with van der Waals surface area (Å²) < 4.78 is 3.39. The topological polar surface area (TPSA) is 108 Å². The molecule has 3 rings (SSSR count). The number of hydrogen-bond acceptors (Lipinski definition) is 5. The third-order valence-corrected chi connectivity index (χ3v) is 5.30. The van der Waals surface area contributed by atoms with Crippen LogP contribution in [-0.2, 0) is 17.9 Å². The van der Waals surface area contributed by atoms with Crippen LogP contribution >= 0.6 is 0 Å². The molecule has 0 spiro atoms. The highest BCUT2D eigenvalue weighted by Crippen LogP contribution is 2.23. The van der Waals surface area contributed by atoms with Crippen LogP contribution in [-0.4, -0.2) is 30.4 Å². The van der Waals surface area contributed by atoms with Gasteiger partial charge in [-0.05, 0) is 45.7 Å². The highest BCUT2D eigenvalue weighted by atomic mass is 16.6. The SMILES string of the molecule is Cc1ccccc1Cn1nc(C)c(NC(=O)CCn2nc(C)c([N+](=O)[O-])c2C)c1C. The highest BCUT2D eigenvalue weighted by Gasteiger charge is 2.22. The first-order valence-electron chi connectivity index (χ1n) is 9.75. The average Bonchev–Trinajstić information content (AvgIpc) is 3.11. The van der Waals surface area contributed by atoms with Gasteiger partial charge in [-0.1, -0.05) is 24.3 Å². The summed E-state index contributed by atoms with van der Waals surface area (Å²) in [6.45, 7) is 9.98. The van der Waals surface area contributed by atoms with E-state index in [0.717, 1.165) is 11.4 Å². The number of rotatable bonds is 7. The van der Waals surface area contributed by atoms with Gasteiger partial charge in [-0.3, -0.25) is 24.3 Å². The van der Waals surface area contributed by atoms with E-state index < -0.39 is 4.92 Å². The van der Waals surface area contributed by atoms with E-state index in [-0.39, 0.29) is 24.6 Å². The summed E-state index contributed by atoms with van der Waals surface area (Å²) in [4.78, 5) is 23.2. The number of aryl methyl sites for hydroxylation is 4. The summed E-state index contributed by atoms with van der Waals surface area (Å²) in [5, 5.41) is 22.8. The lowest BCUT2D eigenvalue weighted by Gasteiger charge is -2.09. The Labute approximate surface area is 174 Å². The quantitative estimate of drug-likeness (QED) is 0.473. The van der Waals surface area contributed by atoms with Crippen molar-refractivity contribution in [2.24, 2.45) is 0 Å². The first kappa shape index (κ1) is 21.2. The summed E-state index contributed by atoms with van der Waals surface area (Å²) in [7, 11) is 0. The maximum atomic E-state index is 12.5. The van der Waals surface area contributed by atoms with Crippen LogP contribution in [0.15, 0.2) is 24.3 Å². The molecule has 0 saturated carbocycles. The second-order valence-corrected chi connectivity index (χ2v) is 7.43. The molecule has 0 fully saturated rings. The van der Waals surface area contributed by atoms with Crippen LogP contribution in [0.2, 0.25) is 0 Å². The largest absolute Gasteiger partial charge is 0.323 e. The summed E-state index contributed by atoms with van der Waals surface area (Å²) in [5.74, 6) is -0.188. The van der Waals surface area contributed by atoms with Gasteiger partial charge in [-0.2, -0.15) is 10.2 Å². The Kier molecular flexibility index (Phi) is 6.00. The lowest BCUT2D eigenvalue weighted by molar-refractivity contribution is -0.386. The van der Waals surface area contributed by atoms with Crippen LogP contribution in [0.1, 0.15) is 40.3 Å². The molecule has 1 amide bonds. The Morgan fingerprint density at radius 3 is 2.33 bits per heavy atom. The van der Waals surface area contributed by atoms with Crippen molar-refractivity contribution in [2.75, 3.05) is 5.32 Å². The van der Waals surface area contributed by atoms with Crippen molar-refractivity contribution < 1.29 is 9.72 Å². The van der Waals surface area contributed by atoms with Crippen LogP contribution < -0.4 is 5.32 Å². The zero-order chi connectivity index (χ0) is 22.0. The molecule has 30 heavy (non-hydrogen) atoms. The Morgan fingerprint density at radius 1 is 1.03 bits per heavy atom. The van der Waals surface area contributed by atoms with Crippen molar-refractivity contribution in [3.05, 3.63) is 68.3 Å². The van der Waals surface area contributed by atoms with Gasteiger partial charge in [0.25, 0.3) is 0 Å². The Balaban J connectivity index is 1.69. The van der Waals surface area contributed by atoms with Crippen LogP contribution in [0.25, 0.3) is 0 Å². The Hall–Kier alpha value is -3.49. The molecule has 2 heterocycles. The molecule has 1 N–H and O–H groups in total. The van der Waals surface area contributed by atoms with E-state index in [1.165, 1.54) is 15.8 Å². The number of carbonyl (C=O) groups is 1. The summed E-state index contributed by atoms with van der Waals surface area (Å²) in [5.41, 5.74) is 5.49. The lowest BCUT2D eigenvalue weighted by atomic mass is 10.1. The Bertz CT molecular complexity index is 1110. The highest BCUT2D eigenvalue weighted by molar-refractivity contribution is 5.91. The minimum Gasteiger partial charge on any atom is -0.323 e. The summed E-state index contributed by atoms with van der Waals surface area (Å²) in [6.07, 6.45) is 0.154. The normalized spacial score (nSPS) is 11.0. The molecule has 9 heteroatoms. The molecule has 9 nitrogen and oxygen atoms in total. The van der Waals surface area contributed by atoms with Gasteiger partial charge in [0.15, 0.2) is 0 Å². The lowest BCUT2D eigenvalue weighted by Crippen LogP contribution is -2.16. The van der Waals surface area contributed by atoms with Gasteiger partial charge in [0.05, 0.1) is 35.1 Å². The third kappa shape index (κ3) is 4.24. The van der Waals surface area contributed by atoms with E-state index >= 15 is 0 Å². The van der Waals surface area contributed by atoms with Gasteiger partial charge >= 0.3 is 5.69 Å². The number of hydrogen-bond donors (Lipinski definition) is 1. The zero-order valence-corrected chi connectivity index (χ0v) is 17.9. The fourth-order valence-electron chi connectivity index (χ4n) is 3.56. The fourth-order valence-corrected chi connectivity index (χ4v) is 3.56. The molecule has 0 aliphatic carbocycles. The van der Waals surface area contributed by atoms with Crippen LogP contribution in [0.3, 0.4) is 0 Å². The van der Waals surface area contributed by atoms with Gasteiger partial charge < -0.3 is 5.32 Å². The first-order valence-corrected chi connectivity index (χ1v) is 9.75. The van der Waals surface area contributed by atoms with Crippen molar-refractivity contribution in [1.82, 2.24) is 19.6 Å². The summed E-state index contributed by atoms with van der Waals surface area (Å²) >= 11 is 0. The zero-order valence-electron chi connectivity index (χ0n) is 17.9. The average molecular weight is 410 g/mol. The number of benzene rings is 1. The second-order valence-electron chi connectivity index (χ2n) is 7.43. The van der Waals surface area contributed by atoms with Gasteiger partial charge in [-0.15, -0.1) is 0 Å². The van der Waals surface area contributed by atoms with E-state index in [0.29, 0.717) is 23.6 Å². The van der Waals surface area contributed by atoms with Gasteiger partial charge in [-0.25, -0.2) is 0 Å². The van der Waals surface area contributed by atoms with E-state index in [2.05, 4.69) is 34.6 Å². The molecule has 0 bridgehead atoms. The van der Waals surface area contributed by atoms with E-state index in [9.17, 15) is 14.9 Å². The number of anilines is 1. The maximum Gasteiger partial charge on any atom is 0.312 e. The molecule has 2 aromatic heterocycles. The molecule has 0 aliphatic rings. The minimum absolute atomic E-state index is 0.000390. The maximum absolute atomic E-state index is 12.5. The molecular weight excluding hydrogens is 384 g/mol. The van der Waals surface area contributed by atoms with Crippen molar-refractivity contribution in [3.63, 3.8) is 0 Å². The van der Waals surface area contributed by atoms with E-state index in [4.69, 9.17) is 0 Å². The number of amides is 1. The van der Waals surface area contributed by atoms with Crippen molar-refractivity contribution in [1.29, 1.82) is 0 Å². The molecule has 0 radical (unpaired) electrons. The van der Waals surface area contributed by atoms with Crippen LogP contribution in [0.4, 0.5) is 11.4 Å². The Morgan fingerprint density at radius 2 is 1.70 bits per heavy atom. The van der Waals surface area contributed by atoms with Crippen LogP contribution in [0.5, 0.6) is 0 Å². The van der Waals surface area contributed by atoms with E-state index in [1.54, 1.807) is 13.8 Å². The number of carbonyl (C=O) groups excluding carboxylic acids is 1. The predicted molar refractivity (Wildman–Crippen MR) is 114 cm³/mol. The van der Waals surface area contributed by atoms with Crippen molar-refractivity contribution in [3.8, 4) is 0 Å². The van der Waals surface area contributed by atoms with Gasteiger partial charge in [0.2, 0.25) is 5.91 Å². The predicted octanol–water partition coefficient (Wildman–Crippen LogP) is 3.61. The second kappa shape index (κ2) is 8.48. The molecule has 0 unspecified atom stereocenters. The number of nitro groups is 1. The van der Waals surface area contributed by atoms with Gasteiger partial charge in [0, 0.05) is 6.42 Å². The first-order chi connectivity index (χ1) is 14.2. The van der Waals surface area contributed by atoms with E-state index in [1.807, 2.05) is 30.7 Å². The summed E-state index contributed by atoms with van der Waals surface area (Å²) in [6, 6.07) is 8.13. The smallest absolute Gasteiger partial charge is 0.312 e.